The fourth-order valence-corrected chi connectivity index (χ4v) is 2.02. The SMILES string of the molecule is CCC(C#N)(CCCOCCCC(F)(F)F)NC(C)C. The van der Waals surface area contributed by atoms with Crippen LogP contribution in [0.5, 0.6) is 0 Å². The molecule has 3 nitrogen and oxygen atoms in total. The zero-order valence-corrected chi connectivity index (χ0v) is 12.5. The van der Waals surface area contributed by atoms with E-state index >= 15 is 0 Å². The van der Waals surface area contributed by atoms with Crippen LogP contribution in [0, 0.1) is 11.3 Å². The Morgan fingerprint density at radius 1 is 1.15 bits per heavy atom. The molecule has 0 radical (unpaired) electrons. The molecule has 0 spiro atoms. The topological polar surface area (TPSA) is 45.0 Å². The third-order valence-electron chi connectivity index (χ3n) is 3.02. The monoisotopic (exact) mass is 294 g/mol. The van der Waals surface area contributed by atoms with Gasteiger partial charge in [-0.05, 0) is 39.5 Å². The number of hydrogen-bond acceptors (Lipinski definition) is 3. The Labute approximate surface area is 119 Å². The van der Waals surface area contributed by atoms with Crippen LogP contribution in [0.1, 0.15) is 52.9 Å². The van der Waals surface area contributed by atoms with E-state index in [-0.39, 0.29) is 19.1 Å². The van der Waals surface area contributed by atoms with Crippen molar-refractivity contribution in [3.8, 4) is 6.07 Å². The van der Waals surface area contributed by atoms with E-state index in [4.69, 9.17) is 4.74 Å². The molecule has 0 aromatic heterocycles. The summed E-state index contributed by atoms with van der Waals surface area (Å²) in [7, 11) is 0. The van der Waals surface area contributed by atoms with Crippen LogP contribution in [-0.2, 0) is 4.74 Å². The second-order valence-corrected chi connectivity index (χ2v) is 5.28. The van der Waals surface area contributed by atoms with Gasteiger partial charge in [0.1, 0.15) is 5.54 Å². The first-order valence-electron chi connectivity index (χ1n) is 7.08. The van der Waals surface area contributed by atoms with Crippen LogP contribution in [0.4, 0.5) is 13.2 Å². The second-order valence-electron chi connectivity index (χ2n) is 5.28. The van der Waals surface area contributed by atoms with Crippen LogP contribution in [0.25, 0.3) is 0 Å². The second kappa shape index (κ2) is 9.19. The fourth-order valence-electron chi connectivity index (χ4n) is 2.02. The van der Waals surface area contributed by atoms with Crippen molar-refractivity contribution in [2.45, 2.75) is 70.6 Å². The Balaban J connectivity index is 3.83. The van der Waals surface area contributed by atoms with Gasteiger partial charge in [0.2, 0.25) is 0 Å². The van der Waals surface area contributed by atoms with Crippen molar-refractivity contribution >= 4 is 0 Å². The third kappa shape index (κ3) is 9.16. The van der Waals surface area contributed by atoms with Gasteiger partial charge in [-0.2, -0.15) is 18.4 Å². The highest BCUT2D eigenvalue weighted by Gasteiger charge is 2.28. The Morgan fingerprint density at radius 3 is 2.10 bits per heavy atom. The quantitative estimate of drug-likeness (QED) is 0.623. The highest BCUT2D eigenvalue weighted by atomic mass is 19.4. The van der Waals surface area contributed by atoms with Crippen molar-refractivity contribution in [2.75, 3.05) is 13.2 Å². The summed E-state index contributed by atoms with van der Waals surface area (Å²) in [4.78, 5) is 0. The lowest BCUT2D eigenvalue weighted by Gasteiger charge is -2.29. The van der Waals surface area contributed by atoms with Crippen LogP contribution in [0.15, 0.2) is 0 Å². The molecule has 0 fully saturated rings. The van der Waals surface area contributed by atoms with E-state index in [1.807, 2.05) is 20.8 Å². The van der Waals surface area contributed by atoms with Crippen LogP contribution < -0.4 is 5.32 Å². The maximum absolute atomic E-state index is 11.9. The molecular weight excluding hydrogens is 269 g/mol. The van der Waals surface area contributed by atoms with E-state index in [9.17, 15) is 18.4 Å². The minimum absolute atomic E-state index is 0.00901. The van der Waals surface area contributed by atoms with Gasteiger partial charge in [0.25, 0.3) is 0 Å². The number of alkyl halides is 3. The molecule has 0 saturated heterocycles. The molecule has 0 saturated carbocycles. The number of ether oxygens (including phenoxy) is 1. The molecule has 0 aliphatic heterocycles. The summed E-state index contributed by atoms with van der Waals surface area (Å²) in [5.74, 6) is 0. The third-order valence-corrected chi connectivity index (χ3v) is 3.02. The van der Waals surface area contributed by atoms with Crippen LogP contribution in [0.2, 0.25) is 0 Å². The fraction of sp³-hybridized carbons (Fsp3) is 0.929. The standard InChI is InChI=1S/C14H25F3N2O/c1-4-13(11-18,19-12(2)3)7-5-9-20-10-6-8-14(15,16)17/h12,19H,4-10H2,1-3H3. The maximum Gasteiger partial charge on any atom is 0.389 e. The van der Waals surface area contributed by atoms with Crippen molar-refractivity contribution in [1.29, 1.82) is 5.26 Å². The predicted octanol–water partition coefficient (Wildman–Crippen LogP) is 3.80. The molecule has 1 N–H and O–H groups in total. The summed E-state index contributed by atoms with van der Waals surface area (Å²) in [6.07, 6.45) is -2.94. The Bertz CT molecular complexity index is 300. The van der Waals surface area contributed by atoms with Gasteiger partial charge in [-0.1, -0.05) is 6.92 Å². The number of halogens is 3. The van der Waals surface area contributed by atoms with Crippen molar-refractivity contribution in [3.05, 3.63) is 0 Å². The number of nitrogens with zero attached hydrogens (tertiary/aromatic N) is 1. The molecule has 6 heteroatoms. The molecular formula is C14H25F3N2O. The summed E-state index contributed by atoms with van der Waals surface area (Å²) in [6.45, 7) is 6.41. The van der Waals surface area contributed by atoms with Crippen LogP contribution in [0.3, 0.4) is 0 Å². The van der Waals surface area contributed by atoms with Gasteiger partial charge in [-0.15, -0.1) is 0 Å². The Kier molecular flexibility index (Phi) is 8.83. The molecule has 0 aromatic carbocycles. The van der Waals surface area contributed by atoms with E-state index in [1.165, 1.54) is 0 Å². The van der Waals surface area contributed by atoms with Gasteiger partial charge in [0, 0.05) is 25.7 Å². The van der Waals surface area contributed by atoms with E-state index in [1.54, 1.807) is 0 Å². The van der Waals surface area contributed by atoms with Gasteiger partial charge >= 0.3 is 6.18 Å². The van der Waals surface area contributed by atoms with Gasteiger partial charge in [0.05, 0.1) is 6.07 Å². The molecule has 0 rings (SSSR count). The highest BCUT2D eigenvalue weighted by Crippen LogP contribution is 2.21. The first kappa shape index (κ1) is 19.2. The van der Waals surface area contributed by atoms with Crippen LogP contribution >= 0.6 is 0 Å². The minimum atomic E-state index is -4.11. The lowest BCUT2D eigenvalue weighted by molar-refractivity contribution is -0.137. The number of rotatable bonds is 10. The van der Waals surface area contributed by atoms with Gasteiger partial charge in [0.15, 0.2) is 0 Å². The van der Waals surface area contributed by atoms with Crippen molar-refractivity contribution in [2.24, 2.45) is 0 Å². The van der Waals surface area contributed by atoms with Crippen molar-refractivity contribution < 1.29 is 17.9 Å². The molecule has 0 amide bonds. The summed E-state index contributed by atoms with van der Waals surface area (Å²) < 4.78 is 40.9. The lowest BCUT2D eigenvalue weighted by atomic mass is 9.91. The molecule has 0 bridgehead atoms. The first-order valence-corrected chi connectivity index (χ1v) is 7.08. The minimum Gasteiger partial charge on any atom is -0.381 e. The normalized spacial score (nSPS) is 15.1. The molecule has 0 aromatic rings. The highest BCUT2D eigenvalue weighted by molar-refractivity contribution is 5.06. The zero-order chi connectivity index (χ0) is 15.6. The lowest BCUT2D eigenvalue weighted by Crippen LogP contribution is -2.47. The van der Waals surface area contributed by atoms with E-state index in [0.29, 0.717) is 25.9 Å². The van der Waals surface area contributed by atoms with Crippen LogP contribution in [-0.4, -0.2) is 31.0 Å². The molecule has 0 heterocycles. The van der Waals surface area contributed by atoms with Crippen molar-refractivity contribution in [3.63, 3.8) is 0 Å². The summed E-state index contributed by atoms with van der Waals surface area (Å²) >= 11 is 0. The molecule has 20 heavy (non-hydrogen) atoms. The summed E-state index contributed by atoms with van der Waals surface area (Å²) in [6, 6.07) is 2.51. The molecule has 0 aliphatic rings. The predicted molar refractivity (Wildman–Crippen MR) is 72.2 cm³/mol. The van der Waals surface area contributed by atoms with E-state index < -0.39 is 18.1 Å². The van der Waals surface area contributed by atoms with E-state index in [0.717, 1.165) is 0 Å². The molecule has 118 valence electrons. The van der Waals surface area contributed by atoms with Gasteiger partial charge in [-0.3, -0.25) is 5.32 Å². The number of nitrogens with one attached hydrogen (secondary N) is 1. The average Bonchev–Trinajstić information content (AvgIpc) is 2.34. The number of nitriles is 1. The average molecular weight is 294 g/mol. The molecule has 0 aliphatic carbocycles. The maximum atomic E-state index is 11.9. The smallest absolute Gasteiger partial charge is 0.381 e. The van der Waals surface area contributed by atoms with Crippen molar-refractivity contribution in [1.82, 2.24) is 5.32 Å². The van der Waals surface area contributed by atoms with E-state index in [2.05, 4.69) is 11.4 Å². The Morgan fingerprint density at radius 2 is 1.70 bits per heavy atom. The Hall–Kier alpha value is -0.800. The van der Waals surface area contributed by atoms with Gasteiger partial charge in [-0.25, -0.2) is 0 Å². The van der Waals surface area contributed by atoms with Gasteiger partial charge < -0.3 is 4.74 Å². The number of hydrogen-bond donors (Lipinski definition) is 1. The first-order chi connectivity index (χ1) is 9.24. The summed E-state index contributed by atoms with van der Waals surface area (Å²) in [5, 5.41) is 12.5. The molecule has 1 unspecified atom stereocenters. The zero-order valence-electron chi connectivity index (χ0n) is 12.5. The summed E-state index contributed by atoms with van der Waals surface area (Å²) in [5.41, 5.74) is -0.566. The largest absolute Gasteiger partial charge is 0.389 e. The molecule has 1 atom stereocenters.